The molecule has 0 unspecified atom stereocenters. The first-order valence-electron chi connectivity index (χ1n) is 14.7. The fraction of sp³-hybridized carbons (Fsp3) is 0.469. The summed E-state index contributed by atoms with van der Waals surface area (Å²) in [4.78, 5) is 28.4. The summed E-state index contributed by atoms with van der Waals surface area (Å²) in [6.07, 6.45) is 6.77. The summed E-state index contributed by atoms with van der Waals surface area (Å²) >= 11 is 0. The number of methoxy groups -OCH3 is 1. The van der Waals surface area contributed by atoms with Crippen LogP contribution < -0.4 is 19.7 Å². The molecule has 0 aliphatic carbocycles. The van der Waals surface area contributed by atoms with Crippen molar-refractivity contribution in [1.82, 2.24) is 19.8 Å². The van der Waals surface area contributed by atoms with E-state index in [-0.39, 0.29) is 11.9 Å². The predicted octanol–water partition coefficient (Wildman–Crippen LogP) is 4.73. The molecule has 0 bridgehead atoms. The molecular weight excluding hydrogens is 516 g/mol. The number of hydrogen-bond acceptors (Lipinski definition) is 8. The van der Waals surface area contributed by atoms with E-state index in [9.17, 15) is 4.79 Å². The van der Waals surface area contributed by atoms with Crippen molar-refractivity contribution in [3.63, 3.8) is 0 Å². The van der Waals surface area contributed by atoms with Crippen molar-refractivity contribution < 1.29 is 14.3 Å². The Morgan fingerprint density at radius 3 is 2.54 bits per heavy atom. The normalized spacial score (nSPS) is 16.5. The third-order valence-corrected chi connectivity index (χ3v) is 8.03. The van der Waals surface area contributed by atoms with Crippen LogP contribution in [0.3, 0.4) is 0 Å². The molecule has 2 aliphatic rings. The van der Waals surface area contributed by atoms with Crippen molar-refractivity contribution in [3.05, 3.63) is 60.7 Å². The van der Waals surface area contributed by atoms with Gasteiger partial charge in [0.15, 0.2) is 11.5 Å². The van der Waals surface area contributed by atoms with E-state index in [2.05, 4.69) is 52.0 Å². The topological polar surface area (TPSA) is 83.1 Å². The van der Waals surface area contributed by atoms with Gasteiger partial charge in [-0.2, -0.15) is 4.98 Å². The Morgan fingerprint density at radius 2 is 1.83 bits per heavy atom. The molecule has 0 spiro atoms. The van der Waals surface area contributed by atoms with Crippen molar-refractivity contribution in [2.45, 2.75) is 44.7 Å². The maximum Gasteiger partial charge on any atom is 0.252 e. The fourth-order valence-corrected chi connectivity index (χ4v) is 5.64. The summed E-state index contributed by atoms with van der Waals surface area (Å²) in [6.45, 7) is 10.6. The lowest BCUT2D eigenvalue weighted by Crippen LogP contribution is -2.39. The van der Waals surface area contributed by atoms with Gasteiger partial charge in [0.2, 0.25) is 5.95 Å². The lowest BCUT2D eigenvalue weighted by molar-refractivity contribution is -0.113. The number of likely N-dealkylation sites (tertiary alicyclic amines) is 2. The summed E-state index contributed by atoms with van der Waals surface area (Å²) in [7, 11) is 3.32. The van der Waals surface area contributed by atoms with E-state index in [4.69, 9.17) is 19.4 Å². The van der Waals surface area contributed by atoms with Gasteiger partial charge in [0, 0.05) is 50.7 Å². The first-order chi connectivity index (χ1) is 20.0. The molecule has 2 saturated heterocycles. The number of carbonyl (C=O) groups excluding carboxylic acids is 1. The Bertz CT molecular complexity index is 1320. The Hall–Kier alpha value is -3.69. The predicted molar refractivity (Wildman–Crippen MR) is 164 cm³/mol. The number of carbonyl (C=O) groups is 1. The highest BCUT2D eigenvalue weighted by atomic mass is 16.5. The molecule has 3 heterocycles. The number of nitrogens with zero attached hydrogens (tertiary/aromatic N) is 5. The van der Waals surface area contributed by atoms with Crippen LogP contribution >= 0.6 is 0 Å². The van der Waals surface area contributed by atoms with E-state index < -0.39 is 0 Å². The summed E-state index contributed by atoms with van der Waals surface area (Å²) < 4.78 is 11.9. The van der Waals surface area contributed by atoms with Crippen LogP contribution in [0.15, 0.2) is 55.1 Å². The summed E-state index contributed by atoms with van der Waals surface area (Å²) in [6, 6.07) is 14.7. The lowest BCUT2D eigenvalue weighted by atomic mass is 10.0. The van der Waals surface area contributed by atoms with Crippen LogP contribution in [-0.2, 0) is 11.3 Å². The van der Waals surface area contributed by atoms with Crippen molar-refractivity contribution in [2.24, 2.45) is 0 Å². The highest BCUT2D eigenvalue weighted by Gasteiger charge is 2.23. The van der Waals surface area contributed by atoms with Gasteiger partial charge < -0.3 is 19.7 Å². The molecule has 0 radical (unpaired) electrons. The van der Waals surface area contributed by atoms with Crippen LogP contribution in [0.1, 0.15) is 37.7 Å². The number of likely N-dealkylation sites (N-methyl/N-ethyl adjacent to an activating group) is 1. The van der Waals surface area contributed by atoms with Crippen molar-refractivity contribution >= 4 is 28.6 Å². The molecule has 1 aromatic heterocycles. The van der Waals surface area contributed by atoms with E-state index in [1.807, 2.05) is 12.1 Å². The number of fused-ring (bicyclic) bond motifs is 1. The minimum Gasteiger partial charge on any atom is -0.493 e. The fourth-order valence-electron chi connectivity index (χ4n) is 5.64. The van der Waals surface area contributed by atoms with Gasteiger partial charge in [0.25, 0.3) is 5.91 Å². The number of piperidine rings is 1. The third-order valence-electron chi connectivity index (χ3n) is 8.03. The summed E-state index contributed by atoms with van der Waals surface area (Å²) in [5.74, 6) is 2.03. The second-order valence-corrected chi connectivity index (χ2v) is 10.9. The van der Waals surface area contributed by atoms with E-state index in [0.29, 0.717) is 35.4 Å². The second kappa shape index (κ2) is 13.8. The third kappa shape index (κ3) is 7.34. The van der Waals surface area contributed by atoms with Gasteiger partial charge in [0.1, 0.15) is 5.82 Å². The number of nitrogens with one attached hydrogen (secondary N) is 1. The van der Waals surface area contributed by atoms with Gasteiger partial charge in [-0.3, -0.25) is 14.6 Å². The second-order valence-electron chi connectivity index (χ2n) is 10.9. The number of aromatic nitrogens is 2. The molecule has 2 aliphatic heterocycles. The van der Waals surface area contributed by atoms with Crippen LogP contribution in [0.5, 0.6) is 11.5 Å². The maximum absolute atomic E-state index is 12.4. The van der Waals surface area contributed by atoms with Gasteiger partial charge in [-0.25, -0.2) is 4.98 Å². The van der Waals surface area contributed by atoms with Crippen LogP contribution in [0, 0.1) is 0 Å². The smallest absolute Gasteiger partial charge is 0.252 e. The number of rotatable bonds is 12. The molecule has 5 rings (SSSR count). The molecular formula is C32H42N6O3. The number of amides is 1. The SMILES string of the molecule is C=CC(=O)N(C)c1nc(NC2CCN(Cc3ccccc3)CC2)c2cc(OC)c(OCCCN3CCCC3)cc2n1. The van der Waals surface area contributed by atoms with Crippen LogP contribution in [0.4, 0.5) is 11.8 Å². The van der Waals surface area contributed by atoms with Gasteiger partial charge in [-0.15, -0.1) is 0 Å². The summed E-state index contributed by atoms with van der Waals surface area (Å²) in [5.41, 5.74) is 2.03. The van der Waals surface area contributed by atoms with Gasteiger partial charge >= 0.3 is 0 Å². The molecule has 0 saturated carbocycles. The van der Waals surface area contributed by atoms with Crippen molar-refractivity contribution in [1.29, 1.82) is 0 Å². The minimum atomic E-state index is -0.267. The van der Waals surface area contributed by atoms with E-state index in [1.54, 1.807) is 14.2 Å². The number of anilines is 2. The maximum atomic E-state index is 12.4. The van der Waals surface area contributed by atoms with Gasteiger partial charge in [-0.1, -0.05) is 36.9 Å². The van der Waals surface area contributed by atoms with E-state index in [0.717, 1.165) is 50.8 Å². The molecule has 9 nitrogen and oxygen atoms in total. The molecule has 0 atom stereocenters. The van der Waals surface area contributed by atoms with Gasteiger partial charge in [0.05, 0.1) is 19.2 Å². The quantitative estimate of drug-likeness (QED) is 0.252. The average Bonchev–Trinajstić information content (AvgIpc) is 3.53. The standard InChI is InChI=1S/C32H42N6O3/c1-4-30(39)36(2)32-34-27-22-29(41-20-10-17-37-15-8-9-16-37)28(40-3)21-26(27)31(35-32)33-25-13-18-38(19-14-25)23-24-11-6-5-7-12-24/h4-7,11-12,21-22,25H,1,8-10,13-20,23H2,2-3H3,(H,33,34,35). The highest BCUT2D eigenvalue weighted by Crippen LogP contribution is 2.36. The van der Waals surface area contributed by atoms with Crippen LogP contribution in [0.25, 0.3) is 10.9 Å². The minimum absolute atomic E-state index is 0.251. The zero-order valence-corrected chi connectivity index (χ0v) is 24.3. The van der Waals surface area contributed by atoms with Crippen LogP contribution in [-0.4, -0.2) is 85.2 Å². The molecule has 2 aromatic carbocycles. The average molecular weight is 559 g/mol. The first-order valence-corrected chi connectivity index (χ1v) is 14.7. The lowest BCUT2D eigenvalue weighted by Gasteiger charge is -2.33. The highest BCUT2D eigenvalue weighted by molar-refractivity contribution is 6.01. The molecule has 1 amide bonds. The number of ether oxygens (including phenoxy) is 2. The molecule has 218 valence electrons. The molecule has 1 N–H and O–H groups in total. The molecule has 9 heteroatoms. The molecule has 41 heavy (non-hydrogen) atoms. The number of hydrogen-bond donors (Lipinski definition) is 1. The Balaban J connectivity index is 1.34. The Labute approximate surface area is 243 Å². The number of benzene rings is 2. The monoisotopic (exact) mass is 558 g/mol. The molecule has 2 fully saturated rings. The largest absolute Gasteiger partial charge is 0.493 e. The van der Waals surface area contributed by atoms with Gasteiger partial charge in [-0.05, 0) is 62.9 Å². The van der Waals surface area contributed by atoms with Crippen LogP contribution in [0.2, 0.25) is 0 Å². The first kappa shape index (κ1) is 28.8. The Morgan fingerprint density at radius 1 is 1.07 bits per heavy atom. The zero-order valence-electron chi connectivity index (χ0n) is 24.3. The van der Waals surface area contributed by atoms with Crippen molar-refractivity contribution in [3.8, 4) is 11.5 Å². The Kier molecular flexibility index (Phi) is 9.69. The molecule has 3 aromatic rings. The zero-order chi connectivity index (χ0) is 28.6. The summed E-state index contributed by atoms with van der Waals surface area (Å²) in [5, 5.41) is 4.51. The van der Waals surface area contributed by atoms with Crippen molar-refractivity contribution in [2.75, 3.05) is 63.7 Å². The van der Waals surface area contributed by atoms with E-state index >= 15 is 0 Å². The van der Waals surface area contributed by atoms with E-state index in [1.165, 1.54) is 42.5 Å².